The Morgan fingerprint density at radius 2 is 1.63 bits per heavy atom. The third-order valence-corrected chi connectivity index (χ3v) is 8.27. The van der Waals surface area contributed by atoms with Gasteiger partial charge in [0.25, 0.3) is 0 Å². The van der Waals surface area contributed by atoms with Crippen molar-refractivity contribution in [3.63, 3.8) is 0 Å². The number of nitrogens with zero attached hydrogens (tertiary/aromatic N) is 1. The van der Waals surface area contributed by atoms with E-state index in [2.05, 4.69) is 5.32 Å². The molecule has 2 amide bonds. The molecular formula is C26H30Cl3FN2O2S. The maximum Gasteiger partial charge on any atom is 0.243 e. The second-order valence-corrected chi connectivity index (χ2v) is 10.9. The molecule has 190 valence electrons. The fourth-order valence-electron chi connectivity index (χ4n) is 4.31. The number of rotatable bonds is 10. The summed E-state index contributed by atoms with van der Waals surface area (Å²) in [5.41, 5.74) is 0.949. The van der Waals surface area contributed by atoms with Crippen LogP contribution in [0.15, 0.2) is 36.4 Å². The van der Waals surface area contributed by atoms with Crippen molar-refractivity contribution >= 4 is 58.4 Å². The van der Waals surface area contributed by atoms with Crippen LogP contribution in [0, 0.1) is 5.82 Å². The molecule has 1 unspecified atom stereocenters. The van der Waals surface area contributed by atoms with E-state index in [1.165, 1.54) is 24.2 Å². The molecule has 2 aromatic carbocycles. The van der Waals surface area contributed by atoms with Crippen molar-refractivity contribution in [2.75, 3.05) is 5.75 Å². The van der Waals surface area contributed by atoms with Crippen LogP contribution in [0.3, 0.4) is 0 Å². The molecule has 0 saturated heterocycles. The van der Waals surface area contributed by atoms with E-state index in [4.69, 9.17) is 34.8 Å². The standard InChI is InChI=1S/C26H30Cl3FN2O2S/c1-2-24(26(34)31-17-8-4-3-5-9-17)32(14-18-20(27)10-6-11-21(18)28)25(33)16-35-15-19-22(29)12-7-13-23(19)30/h6-7,10-13,17,24H,2-5,8-9,14-16H2,1H3,(H,31,34). The lowest BCUT2D eigenvalue weighted by atomic mass is 9.95. The molecule has 3 rings (SSSR count). The molecule has 0 aliphatic heterocycles. The Labute approximate surface area is 225 Å². The lowest BCUT2D eigenvalue weighted by molar-refractivity contribution is -0.139. The third kappa shape index (κ3) is 7.75. The van der Waals surface area contributed by atoms with Gasteiger partial charge in [0.15, 0.2) is 0 Å². The van der Waals surface area contributed by atoms with Gasteiger partial charge in [-0.05, 0) is 43.5 Å². The lowest BCUT2D eigenvalue weighted by Crippen LogP contribution is -2.52. The smallest absolute Gasteiger partial charge is 0.243 e. The Balaban J connectivity index is 1.77. The van der Waals surface area contributed by atoms with E-state index in [1.807, 2.05) is 6.92 Å². The van der Waals surface area contributed by atoms with E-state index in [9.17, 15) is 14.0 Å². The number of halogens is 4. The van der Waals surface area contributed by atoms with Crippen molar-refractivity contribution in [3.05, 3.63) is 68.4 Å². The Morgan fingerprint density at radius 3 is 2.23 bits per heavy atom. The van der Waals surface area contributed by atoms with Gasteiger partial charge in [-0.15, -0.1) is 11.8 Å². The molecule has 0 radical (unpaired) electrons. The summed E-state index contributed by atoms with van der Waals surface area (Å²) in [4.78, 5) is 28.3. The molecule has 0 heterocycles. The molecular weight excluding hydrogens is 530 g/mol. The van der Waals surface area contributed by atoms with Gasteiger partial charge in [-0.1, -0.05) is 73.1 Å². The molecule has 1 aliphatic rings. The summed E-state index contributed by atoms with van der Waals surface area (Å²) >= 11 is 20.2. The Hall–Kier alpha value is -1.47. The Morgan fingerprint density at radius 1 is 1.03 bits per heavy atom. The first-order valence-electron chi connectivity index (χ1n) is 11.8. The van der Waals surface area contributed by atoms with E-state index < -0.39 is 11.9 Å². The lowest BCUT2D eigenvalue weighted by Gasteiger charge is -2.33. The fourth-order valence-corrected chi connectivity index (χ4v) is 6.08. The van der Waals surface area contributed by atoms with Crippen molar-refractivity contribution in [1.29, 1.82) is 0 Å². The highest BCUT2D eigenvalue weighted by Crippen LogP contribution is 2.29. The van der Waals surface area contributed by atoms with Gasteiger partial charge in [0.2, 0.25) is 11.8 Å². The monoisotopic (exact) mass is 558 g/mol. The van der Waals surface area contributed by atoms with Crippen molar-refractivity contribution in [2.24, 2.45) is 0 Å². The summed E-state index contributed by atoms with van der Waals surface area (Å²) in [6.45, 7) is 1.99. The van der Waals surface area contributed by atoms with Crippen LogP contribution in [0.25, 0.3) is 0 Å². The van der Waals surface area contributed by atoms with E-state index in [-0.39, 0.29) is 35.9 Å². The molecule has 0 aromatic heterocycles. The topological polar surface area (TPSA) is 49.4 Å². The number of hydrogen-bond acceptors (Lipinski definition) is 3. The maximum atomic E-state index is 14.1. The predicted octanol–water partition coefficient (Wildman–Crippen LogP) is 7.28. The van der Waals surface area contributed by atoms with E-state index in [0.717, 1.165) is 25.7 Å². The van der Waals surface area contributed by atoms with Gasteiger partial charge in [0, 0.05) is 44.5 Å². The molecule has 35 heavy (non-hydrogen) atoms. The van der Waals surface area contributed by atoms with Gasteiger partial charge >= 0.3 is 0 Å². The van der Waals surface area contributed by atoms with Crippen LogP contribution in [0.5, 0.6) is 0 Å². The summed E-state index contributed by atoms with van der Waals surface area (Å²) in [6, 6.07) is 9.13. The Bertz CT molecular complexity index is 993. The second kappa shape index (κ2) is 13.7. The maximum absolute atomic E-state index is 14.1. The first-order chi connectivity index (χ1) is 16.8. The number of thioether (sulfide) groups is 1. The van der Waals surface area contributed by atoms with Gasteiger partial charge in [-0.25, -0.2) is 4.39 Å². The first-order valence-corrected chi connectivity index (χ1v) is 14.1. The summed E-state index contributed by atoms with van der Waals surface area (Å²) in [5, 5.41) is 4.33. The van der Waals surface area contributed by atoms with E-state index in [0.29, 0.717) is 32.6 Å². The normalized spacial score (nSPS) is 15.0. The van der Waals surface area contributed by atoms with Crippen molar-refractivity contribution < 1.29 is 14.0 Å². The number of hydrogen-bond donors (Lipinski definition) is 1. The number of carbonyl (C=O) groups is 2. The number of benzene rings is 2. The minimum atomic E-state index is -0.672. The summed E-state index contributed by atoms with van der Waals surface area (Å²) in [7, 11) is 0. The van der Waals surface area contributed by atoms with Gasteiger partial charge in [0.05, 0.1) is 5.75 Å². The van der Waals surface area contributed by atoms with Crippen molar-refractivity contribution in [2.45, 2.75) is 69.8 Å². The van der Waals surface area contributed by atoms with Crippen LogP contribution >= 0.6 is 46.6 Å². The zero-order chi connectivity index (χ0) is 25.4. The summed E-state index contributed by atoms with van der Waals surface area (Å²) in [6.07, 6.45) is 5.71. The van der Waals surface area contributed by atoms with Gasteiger partial charge in [-0.3, -0.25) is 9.59 Å². The summed E-state index contributed by atoms with van der Waals surface area (Å²) < 4.78 is 14.1. The molecule has 1 saturated carbocycles. The van der Waals surface area contributed by atoms with Crippen LogP contribution in [-0.4, -0.2) is 34.6 Å². The van der Waals surface area contributed by atoms with Crippen LogP contribution in [0.2, 0.25) is 15.1 Å². The molecule has 9 heteroatoms. The molecule has 4 nitrogen and oxygen atoms in total. The minimum Gasteiger partial charge on any atom is -0.352 e. The van der Waals surface area contributed by atoms with Crippen molar-refractivity contribution in [3.8, 4) is 0 Å². The van der Waals surface area contributed by atoms with Crippen LogP contribution in [0.1, 0.15) is 56.6 Å². The average Bonchev–Trinajstić information content (AvgIpc) is 2.83. The number of amides is 2. The Kier molecular flexibility index (Phi) is 11.0. The molecule has 0 spiro atoms. The number of carbonyl (C=O) groups excluding carboxylic acids is 2. The fraction of sp³-hybridized carbons (Fsp3) is 0.462. The zero-order valence-electron chi connectivity index (χ0n) is 19.7. The third-order valence-electron chi connectivity index (χ3n) is 6.26. The predicted molar refractivity (Wildman–Crippen MR) is 144 cm³/mol. The van der Waals surface area contributed by atoms with Gasteiger partial charge in [-0.2, -0.15) is 0 Å². The highest BCUT2D eigenvalue weighted by atomic mass is 35.5. The minimum absolute atomic E-state index is 0.0555. The molecule has 1 fully saturated rings. The van der Waals surface area contributed by atoms with Crippen LogP contribution in [-0.2, 0) is 21.9 Å². The second-order valence-electron chi connectivity index (χ2n) is 8.68. The van der Waals surface area contributed by atoms with Crippen LogP contribution in [0.4, 0.5) is 4.39 Å². The van der Waals surface area contributed by atoms with Gasteiger partial charge in [0.1, 0.15) is 11.9 Å². The number of nitrogens with one attached hydrogen (secondary N) is 1. The molecule has 1 aliphatic carbocycles. The summed E-state index contributed by atoms with van der Waals surface area (Å²) in [5.74, 6) is -0.527. The van der Waals surface area contributed by atoms with Gasteiger partial charge < -0.3 is 10.2 Å². The molecule has 2 aromatic rings. The first kappa shape index (κ1) is 28.1. The highest BCUT2D eigenvalue weighted by Gasteiger charge is 2.31. The van der Waals surface area contributed by atoms with E-state index >= 15 is 0 Å². The van der Waals surface area contributed by atoms with Crippen molar-refractivity contribution in [1.82, 2.24) is 10.2 Å². The molecule has 1 atom stereocenters. The highest BCUT2D eigenvalue weighted by molar-refractivity contribution is 7.99. The van der Waals surface area contributed by atoms with Crippen LogP contribution < -0.4 is 5.32 Å². The molecule has 1 N–H and O–H groups in total. The zero-order valence-corrected chi connectivity index (χ0v) is 22.8. The molecule has 0 bridgehead atoms. The largest absolute Gasteiger partial charge is 0.352 e. The quantitative estimate of drug-likeness (QED) is 0.333. The average molecular weight is 560 g/mol. The SMILES string of the molecule is CCC(C(=O)NC1CCCCC1)N(Cc1c(Cl)cccc1Cl)C(=O)CSCc1c(F)cccc1Cl. The van der Waals surface area contributed by atoms with E-state index in [1.54, 1.807) is 35.2 Å².